The highest BCUT2D eigenvalue weighted by atomic mass is 32.2. The molecule has 2 aromatic rings. The number of anilines is 1. The van der Waals surface area contributed by atoms with Crippen molar-refractivity contribution in [1.82, 2.24) is 4.90 Å². The predicted octanol–water partition coefficient (Wildman–Crippen LogP) is 3.66. The van der Waals surface area contributed by atoms with Gasteiger partial charge in [-0.05, 0) is 49.1 Å². The average Bonchev–Trinajstić information content (AvgIpc) is 2.66. The van der Waals surface area contributed by atoms with Crippen LogP contribution in [0.15, 0.2) is 48.5 Å². The van der Waals surface area contributed by atoms with Gasteiger partial charge >= 0.3 is 0 Å². The van der Waals surface area contributed by atoms with E-state index in [1.54, 1.807) is 42.5 Å². The Balaban J connectivity index is 1.82. The van der Waals surface area contributed by atoms with Crippen molar-refractivity contribution in [2.45, 2.75) is 26.3 Å². The van der Waals surface area contributed by atoms with E-state index in [4.69, 9.17) is 0 Å². The van der Waals surface area contributed by atoms with Crippen LogP contribution in [0, 0.1) is 11.7 Å². The Labute approximate surface area is 165 Å². The van der Waals surface area contributed by atoms with Gasteiger partial charge in [-0.2, -0.15) is 0 Å². The van der Waals surface area contributed by atoms with E-state index in [1.165, 1.54) is 6.07 Å². The zero-order chi connectivity index (χ0) is 20.3. The molecule has 1 aliphatic rings. The van der Waals surface area contributed by atoms with Crippen LogP contribution >= 0.6 is 0 Å². The molecule has 0 radical (unpaired) electrons. The van der Waals surface area contributed by atoms with Gasteiger partial charge in [0, 0.05) is 24.2 Å². The maximum atomic E-state index is 14.0. The normalized spacial score (nSPS) is 17.4. The van der Waals surface area contributed by atoms with Gasteiger partial charge in [-0.15, -0.1) is 0 Å². The van der Waals surface area contributed by atoms with Crippen molar-refractivity contribution in [3.8, 4) is 0 Å². The molecule has 3 rings (SSSR count). The highest BCUT2D eigenvalue weighted by Crippen LogP contribution is 2.24. The average molecular weight is 405 g/mol. The van der Waals surface area contributed by atoms with Crippen molar-refractivity contribution in [3.63, 3.8) is 0 Å². The summed E-state index contributed by atoms with van der Waals surface area (Å²) in [4.78, 5) is 14.5. The molecule has 1 fully saturated rings. The minimum Gasteiger partial charge on any atom is -0.338 e. The Morgan fingerprint density at radius 2 is 1.86 bits per heavy atom. The highest BCUT2D eigenvalue weighted by molar-refractivity contribution is 7.92. The summed E-state index contributed by atoms with van der Waals surface area (Å²) < 4.78 is 39.7. The molecular weight excluding hydrogens is 379 g/mol. The standard InChI is InChI=1S/C21H25FN2O3S/c1-16-6-5-13-23(14-16)21(25)17-9-11-19(12-10-17)24(28(2,26)27)15-18-7-3-4-8-20(18)22/h3-4,7-12,16H,5-6,13-15H2,1-2H3/t16-/m1/s1. The lowest BCUT2D eigenvalue weighted by Gasteiger charge is -2.31. The topological polar surface area (TPSA) is 57.7 Å². The predicted molar refractivity (Wildman–Crippen MR) is 108 cm³/mol. The van der Waals surface area contributed by atoms with Crippen molar-refractivity contribution in [2.75, 3.05) is 23.7 Å². The molecule has 5 nitrogen and oxygen atoms in total. The number of carbonyl (C=O) groups is 1. The van der Waals surface area contributed by atoms with Crippen LogP contribution < -0.4 is 4.31 Å². The van der Waals surface area contributed by atoms with Crippen molar-refractivity contribution < 1.29 is 17.6 Å². The van der Waals surface area contributed by atoms with E-state index in [1.807, 2.05) is 4.90 Å². The zero-order valence-electron chi connectivity index (χ0n) is 16.1. The Hall–Kier alpha value is -2.41. The molecular formula is C21H25FN2O3S. The van der Waals surface area contributed by atoms with E-state index in [9.17, 15) is 17.6 Å². The van der Waals surface area contributed by atoms with Crippen LogP contribution in [0.1, 0.15) is 35.7 Å². The van der Waals surface area contributed by atoms with Crippen LogP contribution in [0.2, 0.25) is 0 Å². The van der Waals surface area contributed by atoms with Gasteiger partial charge in [-0.1, -0.05) is 25.1 Å². The second kappa shape index (κ2) is 8.31. The van der Waals surface area contributed by atoms with E-state index in [2.05, 4.69) is 6.92 Å². The fourth-order valence-corrected chi connectivity index (χ4v) is 4.39. The number of halogens is 1. The molecule has 0 spiro atoms. The van der Waals surface area contributed by atoms with Crippen LogP contribution in [0.4, 0.5) is 10.1 Å². The number of carbonyl (C=O) groups excluding carboxylic acids is 1. The largest absolute Gasteiger partial charge is 0.338 e. The molecule has 0 aromatic heterocycles. The third kappa shape index (κ3) is 4.70. The van der Waals surface area contributed by atoms with Crippen molar-refractivity contribution in [3.05, 3.63) is 65.5 Å². The lowest BCUT2D eigenvalue weighted by molar-refractivity contribution is 0.0683. The number of likely N-dealkylation sites (tertiary alicyclic amines) is 1. The summed E-state index contributed by atoms with van der Waals surface area (Å²) in [6, 6.07) is 12.6. The van der Waals surface area contributed by atoms with Gasteiger partial charge in [0.1, 0.15) is 5.82 Å². The van der Waals surface area contributed by atoms with E-state index in [0.29, 0.717) is 17.2 Å². The minimum absolute atomic E-state index is 0.0434. The molecule has 0 aliphatic carbocycles. The maximum Gasteiger partial charge on any atom is 0.253 e. The summed E-state index contributed by atoms with van der Waals surface area (Å²) >= 11 is 0. The van der Waals surface area contributed by atoms with Gasteiger partial charge in [-0.25, -0.2) is 12.8 Å². The number of nitrogens with zero attached hydrogens (tertiary/aromatic N) is 2. The van der Waals surface area contributed by atoms with Gasteiger partial charge in [0.15, 0.2) is 0 Å². The first-order valence-corrected chi connectivity index (χ1v) is 11.2. The van der Waals surface area contributed by atoms with Gasteiger partial charge in [0.25, 0.3) is 5.91 Å². The Kier molecular flexibility index (Phi) is 6.03. The number of piperidine rings is 1. The van der Waals surface area contributed by atoms with Crippen LogP contribution in [0.25, 0.3) is 0 Å². The summed E-state index contributed by atoms with van der Waals surface area (Å²) in [5.41, 5.74) is 1.21. The van der Waals surface area contributed by atoms with E-state index in [-0.39, 0.29) is 18.0 Å². The van der Waals surface area contributed by atoms with Gasteiger partial charge in [0.2, 0.25) is 10.0 Å². The number of hydrogen-bond acceptors (Lipinski definition) is 3. The van der Waals surface area contributed by atoms with Crippen LogP contribution in [-0.4, -0.2) is 38.6 Å². The molecule has 28 heavy (non-hydrogen) atoms. The maximum absolute atomic E-state index is 14.0. The van der Waals surface area contributed by atoms with Crippen LogP contribution in [0.5, 0.6) is 0 Å². The van der Waals surface area contributed by atoms with E-state index < -0.39 is 15.8 Å². The van der Waals surface area contributed by atoms with Gasteiger partial charge in [-0.3, -0.25) is 9.10 Å². The molecule has 1 atom stereocenters. The second-order valence-corrected chi connectivity index (χ2v) is 9.31. The number of benzene rings is 2. The molecule has 0 N–H and O–H groups in total. The first-order chi connectivity index (χ1) is 13.3. The molecule has 1 heterocycles. The van der Waals surface area contributed by atoms with E-state index in [0.717, 1.165) is 36.5 Å². The van der Waals surface area contributed by atoms with Crippen LogP contribution in [0.3, 0.4) is 0 Å². The van der Waals surface area contributed by atoms with Crippen molar-refractivity contribution in [2.24, 2.45) is 5.92 Å². The zero-order valence-corrected chi connectivity index (χ0v) is 17.0. The Morgan fingerprint density at radius 1 is 1.18 bits per heavy atom. The molecule has 7 heteroatoms. The summed E-state index contributed by atoms with van der Waals surface area (Å²) in [5, 5.41) is 0. The summed E-state index contributed by atoms with van der Waals surface area (Å²) in [7, 11) is -3.62. The highest BCUT2D eigenvalue weighted by Gasteiger charge is 2.23. The fraction of sp³-hybridized carbons (Fsp3) is 0.381. The Bertz CT molecular complexity index is 944. The SMILES string of the molecule is C[C@@H]1CCCN(C(=O)c2ccc(N(Cc3ccccc3F)S(C)(=O)=O)cc2)C1. The Morgan fingerprint density at radius 3 is 2.46 bits per heavy atom. The first kappa shape index (κ1) is 20.3. The molecule has 1 saturated heterocycles. The third-order valence-electron chi connectivity index (χ3n) is 5.02. The van der Waals surface area contributed by atoms with Gasteiger partial charge < -0.3 is 4.90 Å². The first-order valence-electron chi connectivity index (χ1n) is 9.36. The lowest BCUT2D eigenvalue weighted by atomic mass is 9.99. The van der Waals surface area contributed by atoms with Crippen LogP contribution in [-0.2, 0) is 16.6 Å². The van der Waals surface area contributed by atoms with Gasteiger partial charge in [0.05, 0.1) is 18.5 Å². The molecule has 150 valence electrons. The fourth-order valence-electron chi connectivity index (χ4n) is 3.51. The number of amides is 1. The molecule has 2 aromatic carbocycles. The summed E-state index contributed by atoms with van der Waals surface area (Å²) in [5.74, 6) is -0.0151. The number of hydrogen-bond donors (Lipinski definition) is 0. The molecule has 1 aliphatic heterocycles. The molecule has 0 unspecified atom stereocenters. The smallest absolute Gasteiger partial charge is 0.253 e. The molecule has 0 bridgehead atoms. The van der Waals surface area contributed by atoms with Crippen molar-refractivity contribution >= 4 is 21.6 Å². The third-order valence-corrected chi connectivity index (χ3v) is 6.16. The summed E-state index contributed by atoms with van der Waals surface area (Å²) in [6.45, 7) is 3.51. The number of rotatable bonds is 5. The quantitative estimate of drug-likeness (QED) is 0.764. The molecule has 0 saturated carbocycles. The second-order valence-electron chi connectivity index (χ2n) is 7.41. The lowest BCUT2D eigenvalue weighted by Crippen LogP contribution is -2.39. The monoisotopic (exact) mass is 404 g/mol. The number of sulfonamides is 1. The summed E-state index contributed by atoms with van der Waals surface area (Å²) in [6.07, 6.45) is 3.21. The molecule has 1 amide bonds. The van der Waals surface area contributed by atoms with E-state index >= 15 is 0 Å². The minimum atomic E-state index is -3.62. The van der Waals surface area contributed by atoms with Crippen molar-refractivity contribution in [1.29, 1.82) is 0 Å².